The molecule has 2 N–H and O–H groups in total. The smallest absolute Gasteiger partial charge is 0.316 e. The van der Waals surface area contributed by atoms with Gasteiger partial charge in [0.05, 0.1) is 5.69 Å². The Morgan fingerprint density at radius 2 is 1.61 bits per heavy atom. The van der Waals surface area contributed by atoms with Gasteiger partial charge in [0.15, 0.2) is 0 Å². The lowest BCUT2D eigenvalue weighted by Crippen LogP contribution is -2.40. The van der Waals surface area contributed by atoms with Crippen LogP contribution in [0.15, 0.2) is 84.5 Å². The zero-order chi connectivity index (χ0) is 24.8. The van der Waals surface area contributed by atoms with E-state index in [9.17, 15) is 9.59 Å². The molecule has 2 aliphatic carbocycles. The Morgan fingerprint density at radius 3 is 2.44 bits per heavy atom. The van der Waals surface area contributed by atoms with Gasteiger partial charge >= 0.3 is 11.8 Å². The molecular formula is C32H28N2O2. The standard InChI is InChI=1S/C32H28N2O2/c1-2-34(32(36)31(33)35)30-23-11-6-4-9-21(23)15-17-29(30)25-13-7-12-24-27-16-14-20-8-3-5-10-22(20)26(27)18-19-28(24)25/h4-7,9-13,15,17-19H,2-3,8,14,16H2,1H3,(H2,33,35). The van der Waals surface area contributed by atoms with Gasteiger partial charge < -0.3 is 10.6 Å². The molecule has 0 atom stereocenters. The number of hydrogen-bond acceptors (Lipinski definition) is 2. The summed E-state index contributed by atoms with van der Waals surface area (Å²) in [6.07, 6.45) is 9.01. The van der Waals surface area contributed by atoms with Crippen molar-refractivity contribution in [1.82, 2.24) is 0 Å². The highest BCUT2D eigenvalue weighted by Gasteiger charge is 2.26. The van der Waals surface area contributed by atoms with Gasteiger partial charge in [-0.05, 0) is 71.0 Å². The van der Waals surface area contributed by atoms with Crippen molar-refractivity contribution in [3.05, 3.63) is 95.6 Å². The van der Waals surface area contributed by atoms with E-state index < -0.39 is 11.8 Å². The van der Waals surface area contributed by atoms with E-state index in [-0.39, 0.29) is 0 Å². The van der Waals surface area contributed by atoms with E-state index in [1.165, 1.54) is 27.0 Å². The van der Waals surface area contributed by atoms with Crippen LogP contribution in [0.25, 0.3) is 38.2 Å². The summed E-state index contributed by atoms with van der Waals surface area (Å²) >= 11 is 0. The van der Waals surface area contributed by atoms with Crippen LogP contribution in [-0.2, 0) is 16.0 Å². The highest BCUT2D eigenvalue weighted by atomic mass is 16.2. The number of anilines is 1. The zero-order valence-corrected chi connectivity index (χ0v) is 20.4. The second-order valence-corrected chi connectivity index (χ2v) is 9.55. The summed E-state index contributed by atoms with van der Waals surface area (Å²) < 4.78 is 0. The van der Waals surface area contributed by atoms with Gasteiger partial charge in [-0.25, -0.2) is 0 Å². The summed E-state index contributed by atoms with van der Waals surface area (Å²) in [5.41, 5.74) is 13.9. The third-order valence-corrected chi connectivity index (χ3v) is 7.65. The fourth-order valence-electron chi connectivity index (χ4n) is 6.00. The number of likely N-dealkylation sites (N-methyl/N-ethyl adjacent to an activating group) is 1. The normalized spacial score (nSPS) is 14.6. The number of carbonyl (C=O) groups is 2. The van der Waals surface area contributed by atoms with Gasteiger partial charge in [-0.15, -0.1) is 0 Å². The summed E-state index contributed by atoms with van der Waals surface area (Å²) in [5.74, 6) is -1.65. The molecule has 2 aliphatic rings. The highest BCUT2D eigenvalue weighted by molar-refractivity contribution is 6.41. The molecule has 0 bridgehead atoms. The highest BCUT2D eigenvalue weighted by Crippen LogP contribution is 2.44. The number of aryl methyl sites for hydroxylation is 1. The molecule has 0 unspecified atom stereocenters. The molecule has 4 heteroatoms. The van der Waals surface area contributed by atoms with Gasteiger partial charge in [-0.2, -0.15) is 0 Å². The van der Waals surface area contributed by atoms with Gasteiger partial charge in [0.1, 0.15) is 0 Å². The van der Waals surface area contributed by atoms with Crippen molar-refractivity contribution in [3.63, 3.8) is 0 Å². The first-order valence-electron chi connectivity index (χ1n) is 12.7. The Labute approximate surface area is 210 Å². The second-order valence-electron chi connectivity index (χ2n) is 9.55. The predicted octanol–water partition coefficient (Wildman–Crippen LogP) is 6.55. The molecule has 0 saturated heterocycles. The molecule has 0 saturated carbocycles. The molecule has 4 nitrogen and oxygen atoms in total. The minimum atomic E-state index is -0.952. The van der Waals surface area contributed by atoms with Gasteiger partial charge in [0.2, 0.25) is 0 Å². The quantitative estimate of drug-likeness (QED) is 0.344. The fraction of sp³-hybridized carbons (Fsp3) is 0.188. The largest absolute Gasteiger partial charge is 0.361 e. The van der Waals surface area contributed by atoms with Crippen LogP contribution >= 0.6 is 0 Å². The average molecular weight is 473 g/mol. The number of allylic oxidation sites excluding steroid dienone is 4. The van der Waals surface area contributed by atoms with E-state index in [2.05, 4.69) is 54.6 Å². The number of hydrogen-bond donors (Lipinski definition) is 1. The number of nitrogens with two attached hydrogens (primary N) is 1. The number of rotatable bonds is 3. The maximum Gasteiger partial charge on any atom is 0.316 e. The van der Waals surface area contributed by atoms with Crippen LogP contribution in [-0.4, -0.2) is 18.4 Å². The van der Waals surface area contributed by atoms with Crippen LogP contribution < -0.4 is 10.6 Å². The summed E-state index contributed by atoms with van der Waals surface area (Å²) in [6, 6.07) is 23.0. The van der Waals surface area contributed by atoms with Crippen LogP contribution in [0.4, 0.5) is 5.69 Å². The minimum absolute atomic E-state index is 0.339. The molecule has 4 aromatic rings. The van der Waals surface area contributed by atoms with Crippen molar-refractivity contribution in [2.45, 2.75) is 32.6 Å². The number of amides is 2. The van der Waals surface area contributed by atoms with E-state index >= 15 is 0 Å². The van der Waals surface area contributed by atoms with Crippen LogP contribution in [0.5, 0.6) is 0 Å². The molecule has 2 amide bonds. The first kappa shape index (κ1) is 22.3. The summed E-state index contributed by atoms with van der Waals surface area (Å²) in [7, 11) is 0. The topological polar surface area (TPSA) is 63.4 Å². The van der Waals surface area contributed by atoms with Crippen molar-refractivity contribution in [1.29, 1.82) is 0 Å². The van der Waals surface area contributed by atoms with Crippen molar-refractivity contribution in [3.8, 4) is 11.1 Å². The van der Waals surface area contributed by atoms with Crippen molar-refractivity contribution in [2.24, 2.45) is 5.73 Å². The summed E-state index contributed by atoms with van der Waals surface area (Å²) in [5, 5.41) is 4.33. The van der Waals surface area contributed by atoms with E-state index in [0.717, 1.165) is 58.7 Å². The molecule has 0 radical (unpaired) electrons. The Balaban J connectivity index is 1.62. The molecule has 178 valence electrons. The number of carbonyl (C=O) groups excluding carboxylic acids is 2. The first-order valence-corrected chi connectivity index (χ1v) is 12.7. The molecule has 0 heterocycles. The molecule has 6 rings (SSSR count). The molecule has 4 aromatic carbocycles. The second kappa shape index (κ2) is 8.80. The number of fused-ring (bicyclic) bond motifs is 5. The average Bonchev–Trinajstić information content (AvgIpc) is 2.92. The molecule has 0 fully saturated rings. The Hall–Kier alpha value is -4.18. The van der Waals surface area contributed by atoms with Crippen molar-refractivity contribution in [2.75, 3.05) is 11.4 Å². The Bertz CT molecular complexity index is 1630. The predicted molar refractivity (Wildman–Crippen MR) is 148 cm³/mol. The number of benzene rings is 4. The molecular weight excluding hydrogens is 444 g/mol. The van der Waals surface area contributed by atoms with E-state index in [1.807, 2.05) is 31.2 Å². The van der Waals surface area contributed by atoms with Gasteiger partial charge in [0, 0.05) is 17.5 Å². The molecule has 0 aromatic heterocycles. The number of primary amides is 1. The van der Waals surface area contributed by atoms with Crippen molar-refractivity contribution < 1.29 is 9.59 Å². The van der Waals surface area contributed by atoms with E-state index in [1.54, 1.807) is 5.57 Å². The van der Waals surface area contributed by atoms with Crippen LogP contribution in [0.1, 0.15) is 37.3 Å². The van der Waals surface area contributed by atoms with Crippen LogP contribution in [0, 0.1) is 0 Å². The first-order chi connectivity index (χ1) is 17.6. The lowest BCUT2D eigenvalue weighted by atomic mass is 9.79. The zero-order valence-electron chi connectivity index (χ0n) is 20.4. The van der Waals surface area contributed by atoms with Crippen LogP contribution in [0.3, 0.4) is 0 Å². The van der Waals surface area contributed by atoms with Gasteiger partial charge in [-0.1, -0.05) is 84.5 Å². The van der Waals surface area contributed by atoms with Gasteiger partial charge in [0.25, 0.3) is 0 Å². The Morgan fingerprint density at radius 1 is 0.806 bits per heavy atom. The lowest BCUT2D eigenvalue weighted by molar-refractivity contribution is -0.135. The maximum atomic E-state index is 12.9. The third kappa shape index (κ3) is 3.44. The van der Waals surface area contributed by atoms with Gasteiger partial charge in [-0.3, -0.25) is 9.59 Å². The maximum absolute atomic E-state index is 12.9. The lowest BCUT2D eigenvalue weighted by Gasteiger charge is -2.27. The minimum Gasteiger partial charge on any atom is -0.361 e. The van der Waals surface area contributed by atoms with Crippen molar-refractivity contribution >= 4 is 44.6 Å². The third-order valence-electron chi connectivity index (χ3n) is 7.65. The fourth-order valence-corrected chi connectivity index (χ4v) is 6.00. The van der Waals surface area contributed by atoms with E-state index in [4.69, 9.17) is 5.73 Å². The SMILES string of the molecule is CCN(C(=O)C(N)=O)c1c(-c2cccc3c4c(ccc23)C2=C(CCC=C2)CC4)ccc2ccccc12. The summed E-state index contributed by atoms with van der Waals surface area (Å²) in [4.78, 5) is 26.4. The monoisotopic (exact) mass is 472 g/mol. The molecule has 0 spiro atoms. The number of nitrogens with zero attached hydrogens (tertiary/aromatic N) is 1. The molecule has 0 aliphatic heterocycles. The van der Waals surface area contributed by atoms with Crippen LogP contribution in [0.2, 0.25) is 0 Å². The molecule has 36 heavy (non-hydrogen) atoms. The van der Waals surface area contributed by atoms with E-state index in [0.29, 0.717) is 6.54 Å². The Kier molecular flexibility index (Phi) is 5.45. The summed E-state index contributed by atoms with van der Waals surface area (Å²) in [6.45, 7) is 2.21.